The van der Waals surface area contributed by atoms with Gasteiger partial charge in [0.15, 0.2) is 8.32 Å². The molecule has 0 bridgehead atoms. The minimum atomic E-state index is -1.85. The van der Waals surface area contributed by atoms with Gasteiger partial charge in [-0.15, -0.1) is 0 Å². The largest absolute Gasteiger partial charge is 0.417 e. The van der Waals surface area contributed by atoms with Crippen LogP contribution in [0.15, 0.2) is 42.6 Å². The smallest absolute Gasteiger partial charge is 0.268 e. The number of pyridine rings is 1. The van der Waals surface area contributed by atoms with Crippen molar-refractivity contribution in [2.24, 2.45) is 0 Å². The summed E-state index contributed by atoms with van der Waals surface area (Å²) in [6, 6.07) is 10.6. The number of benzene rings is 1. The number of carbonyl (C=O) groups excluding carboxylic acids is 2. The number of nitrogens with one attached hydrogen (secondary N) is 2. The van der Waals surface area contributed by atoms with Gasteiger partial charge < -0.3 is 19.6 Å². The quantitative estimate of drug-likeness (QED) is 0.255. The molecule has 3 aromatic rings. The van der Waals surface area contributed by atoms with Gasteiger partial charge in [0.05, 0.1) is 11.7 Å². The Morgan fingerprint density at radius 3 is 2.77 bits per heavy atom. The SMILES string of the molecule is CC(C)(C)[Si](C)(C)OCCCN1C(=O)C(NC(=O)c2cc3cc(Cl)ncc3[nH]2)Cc2ccccc21. The van der Waals surface area contributed by atoms with Gasteiger partial charge in [0.1, 0.15) is 16.9 Å². The van der Waals surface area contributed by atoms with Crippen molar-refractivity contribution >= 4 is 48.3 Å². The van der Waals surface area contributed by atoms with Crippen LogP contribution in [0.3, 0.4) is 0 Å². The molecule has 0 saturated heterocycles. The van der Waals surface area contributed by atoms with Gasteiger partial charge in [-0.3, -0.25) is 9.59 Å². The molecule has 0 spiro atoms. The third kappa shape index (κ3) is 5.44. The van der Waals surface area contributed by atoms with E-state index in [1.54, 1.807) is 23.2 Å². The summed E-state index contributed by atoms with van der Waals surface area (Å²) >= 11 is 5.96. The summed E-state index contributed by atoms with van der Waals surface area (Å²) < 4.78 is 6.31. The Balaban J connectivity index is 1.46. The maximum absolute atomic E-state index is 13.5. The van der Waals surface area contributed by atoms with Crippen molar-refractivity contribution in [3.05, 3.63) is 59.0 Å². The lowest BCUT2D eigenvalue weighted by molar-refractivity contribution is -0.120. The highest BCUT2D eigenvalue weighted by Gasteiger charge is 2.37. The molecule has 7 nitrogen and oxygen atoms in total. The minimum absolute atomic E-state index is 0.106. The third-order valence-electron chi connectivity index (χ3n) is 7.09. The van der Waals surface area contributed by atoms with Crippen molar-refractivity contribution in [3.63, 3.8) is 0 Å². The summed E-state index contributed by atoms with van der Waals surface area (Å²) in [7, 11) is -1.85. The lowest BCUT2D eigenvalue weighted by atomic mass is 9.96. The van der Waals surface area contributed by atoms with Crippen LogP contribution in [0.4, 0.5) is 5.69 Å². The monoisotopic (exact) mass is 512 g/mol. The molecule has 2 N–H and O–H groups in total. The molecule has 0 radical (unpaired) electrons. The van der Waals surface area contributed by atoms with Crippen LogP contribution in [-0.4, -0.2) is 49.3 Å². The van der Waals surface area contributed by atoms with Crippen molar-refractivity contribution in [2.75, 3.05) is 18.1 Å². The molecule has 1 aromatic carbocycles. The Bertz CT molecular complexity index is 1250. The molecule has 35 heavy (non-hydrogen) atoms. The first-order valence-corrected chi connectivity index (χ1v) is 15.2. The molecule has 0 fully saturated rings. The van der Waals surface area contributed by atoms with Gasteiger partial charge in [0.2, 0.25) is 5.91 Å². The molecule has 9 heteroatoms. The van der Waals surface area contributed by atoms with Crippen molar-refractivity contribution in [1.82, 2.24) is 15.3 Å². The van der Waals surface area contributed by atoms with Crippen LogP contribution in [0.1, 0.15) is 43.2 Å². The molecule has 0 aliphatic carbocycles. The topological polar surface area (TPSA) is 87.3 Å². The maximum atomic E-state index is 13.5. The van der Waals surface area contributed by atoms with Gasteiger partial charge in [-0.25, -0.2) is 4.98 Å². The summed E-state index contributed by atoms with van der Waals surface area (Å²) in [5.74, 6) is -0.443. The third-order valence-corrected chi connectivity index (χ3v) is 11.8. The van der Waals surface area contributed by atoms with E-state index in [-0.39, 0.29) is 16.9 Å². The zero-order valence-electron chi connectivity index (χ0n) is 20.9. The highest BCUT2D eigenvalue weighted by Crippen LogP contribution is 2.36. The Kier molecular flexibility index (Phi) is 7.08. The van der Waals surface area contributed by atoms with Gasteiger partial charge in [-0.2, -0.15) is 0 Å². The number of carbonyl (C=O) groups is 2. The van der Waals surface area contributed by atoms with E-state index in [1.807, 2.05) is 24.3 Å². The van der Waals surface area contributed by atoms with Gasteiger partial charge in [-0.1, -0.05) is 50.6 Å². The lowest BCUT2D eigenvalue weighted by Crippen LogP contribution is -2.53. The molecule has 1 unspecified atom stereocenters. The summed E-state index contributed by atoms with van der Waals surface area (Å²) in [4.78, 5) is 35.4. The van der Waals surface area contributed by atoms with Gasteiger partial charge in [0, 0.05) is 30.6 Å². The van der Waals surface area contributed by atoms with Crippen molar-refractivity contribution in [3.8, 4) is 0 Å². The molecule has 0 saturated carbocycles. The zero-order chi connectivity index (χ0) is 25.4. The molecular formula is C26H33ClN4O3Si. The van der Waals surface area contributed by atoms with E-state index in [2.05, 4.69) is 49.1 Å². The first-order chi connectivity index (χ1) is 16.5. The van der Waals surface area contributed by atoms with Crippen molar-refractivity contribution < 1.29 is 14.0 Å². The molecule has 2 aromatic heterocycles. The van der Waals surface area contributed by atoms with Crippen LogP contribution in [0.2, 0.25) is 23.3 Å². The van der Waals surface area contributed by atoms with Crippen LogP contribution in [0, 0.1) is 0 Å². The highest BCUT2D eigenvalue weighted by molar-refractivity contribution is 6.74. The Labute approximate surface area is 212 Å². The second-order valence-corrected chi connectivity index (χ2v) is 15.8. The second kappa shape index (κ2) is 9.76. The van der Waals surface area contributed by atoms with E-state index in [0.29, 0.717) is 35.9 Å². The van der Waals surface area contributed by atoms with E-state index in [4.69, 9.17) is 16.0 Å². The standard InChI is InChI=1S/C26H33ClN4O3Si/c1-26(2,3)35(4,5)34-12-8-11-31-22-10-7-6-9-17(22)13-20(25(31)33)30-24(32)19-14-18-15-23(27)28-16-21(18)29-19/h6-7,9-10,14-16,20,29H,8,11-13H2,1-5H3,(H,30,32). The fourth-order valence-electron chi connectivity index (χ4n) is 4.03. The van der Waals surface area contributed by atoms with Gasteiger partial charge >= 0.3 is 0 Å². The van der Waals surface area contributed by atoms with Crippen molar-refractivity contribution in [1.29, 1.82) is 0 Å². The molecule has 1 aliphatic heterocycles. The van der Waals surface area contributed by atoms with Crippen molar-refractivity contribution in [2.45, 2.75) is 57.8 Å². The number of halogens is 1. The number of nitrogens with zero attached hydrogens (tertiary/aromatic N) is 2. The fraction of sp³-hybridized carbons (Fsp3) is 0.423. The average Bonchev–Trinajstić information content (AvgIpc) is 3.21. The van der Waals surface area contributed by atoms with Crippen LogP contribution >= 0.6 is 11.6 Å². The number of rotatable bonds is 7. The van der Waals surface area contributed by atoms with E-state index >= 15 is 0 Å². The first-order valence-electron chi connectivity index (χ1n) is 11.9. The predicted octanol–water partition coefficient (Wildman–Crippen LogP) is 5.32. The zero-order valence-corrected chi connectivity index (χ0v) is 22.7. The summed E-state index contributed by atoms with van der Waals surface area (Å²) in [6.45, 7) is 12.2. The number of hydrogen-bond acceptors (Lipinski definition) is 4. The Morgan fingerprint density at radius 2 is 2.03 bits per heavy atom. The molecule has 1 atom stereocenters. The molecule has 1 aliphatic rings. The minimum Gasteiger partial charge on any atom is -0.417 e. The highest BCUT2D eigenvalue weighted by atomic mass is 35.5. The number of aromatic nitrogens is 2. The van der Waals surface area contributed by atoms with E-state index in [1.165, 1.54) is 0 Å². The number of para-hydroxylation sites is 1. The van der Waals surface area contributed by atoms with E-state index in [9.17, 15) is 9.59 Å². The number of fused-ring (bicyclic) bond motifs is 2. The van der Waals surface area contributed by atoms with Gasteiger partial charge in [-0.05, 0) is 48.3 Å². The maximum Gasteiger partial charge on any atom is 0.268 e. The number of hydrogen-bond donors (Lipinski definition) is 2. The van der Waals surface area contributed by atoms with Gasteiger partial charge in [0.25, 0.3) is 5.91 Å². The van der Waals surface area contributed by atoms with Crippen LogP contribution < -0.4 is 10.2 Å². The normalized spacial score (nSPS) is 16.5. The summed E-state index contributed by atoms with van der Waals surface area (Å²) in [5, 5.41) is 4.21. The number of H-pyrrole nitrogens is 1. The Hall–Kier alpha value is -2.68. The van der Waals surface area contributed by atoms with Crippen LogP contribution in [0.25, 0.3) is 10.9 Å². The fourth-order valence-corrected chi connectivity index (χ4v) is 5.29. The molecule has 2 amide bonds. The summed E-state index contributed by atoms with van der Waals surface area (Å²) in [6.07, 6.45) is 2.76. The Morgan fingerprint density at radius 1 is 1.29 bits per heavy atom. The van der Waals surface area contributed by atoms with E-state index in [0.717, 1.165) is 23.1 Å². The molecule has 186 valence electrons. The molecule has 3 heterocycles. The second-order valence-electron chi connectivity index (χ2n) is 10.6. The number of anilines is 1. The van der Waals surface area contributed by atoms with Crippen LogP contribution in [-0.2, 0) is 15.6 Å². The summed E-state index contributed by atoms with van der Waals surface area (Å²) in [5.41, 5.74) is 3.02. The average molecular weight is 513 g/mol. The predicted molar refractivity (Wildman–Crippen MR) is 143 cm³/mol. The molecular weight excluding hydrogens is 480 g/mol. The first kappa shape index (κ1) is 25.4. The number of aromatic amines is 1. The van der Waals surface area contributed by atoms with E-state index < -0.39 is 14.4 Å². The molecule has 4 rings (SSSR count). The lowest BCUT2D eigenvalue weighted by Gasteiger charge is -2.37. The number of amides is 2. The van der Waals surface area contributed by atoms with Crippen LogP contribution in [0.5, 0.6) is 0 Å².